The number of amides is 1. The van der Waals surface area contributed by atoms with Crippen molar-refractivity contribution in [2.24, 2.45) is 5.92 Å². The second-order valence-electron chi connectivity index (χ2n) is 12.8. The summed E-state index contributed by atoms with van der Waals surface area (Å²) in [7, 11) is -4.16. The number of carbonyl (C=O) groups excluding carboxylic acids is 1. The molecule has 2 aromatic carbocycles. The van der Waals surface area contributed by atoms with E-state index >= 15 is 0 Å². The number of benzene rings is 2. The molecule has 12 heteroatoms. The Morgan fingerprint density at radius 2 is 1.68 bits per heavy atom. The quantitative estimate of drug-likeness (QED) is 0.259. The van der Waals surface area contributed by atoms with E-state index in [1.54, 1.807) is 35.5 Å². The first kappa shape index (κ1) is 31.0. The number of hydrogen-bond acceptors (Lipinski definition) is 9. The van der Waals surface area contributed by atoms with Crippen LogP contribution in [0, 0.1) is 19.8 Å². The van der Waals surface area contributed by atoms with Crippen LogP contribution >= 0.6 is 0 Å². The van der Waals surface area contributed by atoms with E-state index in [0.717, 1.165) is 55.2 Å². The van der Waals surface area contributed by atoms with Crippen molar-refractivity contribution in [1.29, 1.82) is 0 Å². The molecule has 3 heterocycles. The second-order valence-corrected chi connectivity index (χ2v) is 14.4. The summed E-state index contributed by atoms with van der Waals surface area (Å²) in [6.07, 6.45) is 10.7. The molecular formula is C35H38N6O5S. The Hall–Kier alpha value is -4.58. The highest BCUT2D eigenvalue weighted by Crippen LogP contribution is 2.36. The van der Waals surface area contributed by atoms with Crippen molar-refractivity contribution in [1.82, 2.24) is 24.8 Å². The Labute approximate surface area is 274 Å². The van der Waals surface area contributed by atoms with Gasteiger partial charge in [0.05, 0.1) is 41.7 Å². The Kier molecular flexibility index (Phi) is 8.52. The number of rotatable bonds is 7. The molecule has 1 N–H and O–H groups in total. The van der Waals surface area contributed by atoms with Gasteiger partial charge >= 0.3 is 0 Å². The Bertz CT molecular complexity index is 1870. The van der Waals surface area contributed by atoms with Gasteiger partial charge in [0.25, 0.3) is 15.9 Å². The zero-order valence-electron chi connectivity index (χ0n) is 26.6. The van der Waals surface area contributed by atoms with Crippen LogP contribution < -0.4 is 14.2 Å². The first-order chi connectivity index (χ1) is 22.7. The van der Waals surface area contributed by atoms with Crippen LogP contribution in [0.2, 0.25) is 0 Å². The van der Waals surface area contributed by atoms with E-state index in [9.17, 15) is 13.2 Å². The van der Waals surface area contributed by atoms with E-state index in [-0.39, 0.29) is 53.5 Å². The third kappa shape index (κ3) is 7.07. The molecule has 2 saturated carbocycles. The molecule has 1 aliphatic heterocycles. The Morgan fingerprint density at radius 1 is 0.957 bits per heavy atom. The molecule has 2 aliphatic carbocycles. The number of carbonyl (C=O) groups is 1. The average Bonchev–Trinajstić information content (AvgIpc) is 3.73. The second kappa shape index (κ2) is 12.9. The van der Waals surface area contributed by atoms with E-state index in [0.29, 0.717) is 29.6 Å². The van der Waals surface area contributed by atoms with Gasteiger partial charge in [0, 0.05) is 17.2 Å². The number of aryl methyl sites for hydroxylation is 2. The number of fused-ring (bicyclic) bond motifs is 4. The third-order valence-corrected chi connectivity index (χ3v) is 10.4. The summed E-state index contributed by atoms with van der Waals surface area (Å²) < 4.78 is 42.1. The molecule has 7 rings (SSSR count). The lowest BCUT2D eigenvalue weighted by atomic mass is 10.00. The zero-order chi connectivity index (χ0) is 32.5. The van der Waals surface area contributed by atoms with Gasteiger partial charge in [-0.05, 0) is 81.2 Å². The van der Waals surface area contributed by atoms with Crippen molar-refractivity contribution in [2.75, 3.05) is 11.3 Å². The van der Waals surface area contributed by atoms with Crippen molar-refractivity contribution in [3.05, 3.63) is 83.4 Å². The lowest BCUT2D eigenvalue weighted by molar-refractivity contribution is 0.0557. The van der Waals surface area contributed by atoms with E-state index < -0.39 is 10.0 Å². The minimum absolute atomic E-state index is 0.0745. The molecule has 4 aromatic rings. The van der Waals surface area contributed by atoms with Crippen LogP contribution in [0.5, 0.6) is 11.6 Å². The van der Waals surface area contributed by atoms with E-state index in [4.69, 9.17) is 9.47 Å². The maximum Gasteiger partial charge on any atom is 0.264 e. The Balaban J connectivity index is 1.27. The summed E-state index contributed by atoms with van der Waals surface area (Å²) in [5.74, 6) is 1.28. The number of ether oxygens (including phenoxy) is 2. The van der Waals surface area contributed by atoms with Gasteiger partial charge in [0.2, 0.25) is 11.8 Å². The first-order valence-electron chi connectivity index (χ1n) is 16.2. The normalized spacial score (nSPS) is 19.6. The van der Waals surface area contributed by atoms with Crippen LogP contribution in [0.1, 0.15) is 72.3 Å². The molecule has 0 spiro atoms. The topological polar surface area (TPSA) is 136 Å². The summed E-state index contributed by atoms with van der Waals surface area (Å²) in [4.78, 5) is 34.1. The first-order valence-corrected chi connectivity index (χ1v) is 17.7. The smallest absolute Gasteiger partial charge is 0.264 e. The van der Waals surface area contributed by atoms with Crippen molar-refractivity contribution < 1.29 is 22.7 Å². The van der Waals surface area contributed by atoms with Crippen LogP contribution in [-0.2, 0) is 16.6 Å². The van der Waals surface area contributed by atoms with Gasteiger partial charge in [-0.15, -0.1) is 0 Å². The minimum atomic E-state index is -4.16. The predicted octanol–water partition coefficient (Wildman–Crippen LogP) is 5.88. The lowest BCUT2D eigenvalue weighted by Crippen LogP contribution is -2.44. The molecule has 11 nitrogen and oxygen atoms in total. The minimum Gasteiger partial charge on any atom is -0.487 e. The van der Waals surface area contributed by atoms with Gasteiger partial charge in [0.1, 0.15) is 12.4 Å². The van der Waals surface area contributed by atoms with Crippen LogP contribution in [0.3, 0.4) is 0 Å². The molecule has 3 aliphatic rings. The van der Waals surface area contributed by atoms with Crippen molar-refractivity contribution in [3.63, 3.8) is 0 Å². The van der Waals surface area contributed by atoms with Crippen molar-refractivity contribution in [3.8, 4) is 22.9 Å². The number of sulfonamides is 1. The van der Waals surface area contributed by atoms with Gasteiger partial charge in [-0.1, -0.05) is 37.1 Å². The van der Waals surface area contributed by atoms with Gasteiger partial charge in [-0.25, -0.2) is 28.1 Å². The number of nitrogens with zero attached hydrogens (tertiary/aromatic N) is 5. The number of aromatic nitrogens is 4. The summed E-state index contributed by atoms with van der Waals surface area (Å²) in [6.45, 7) is 4.21. The molecule has 4 bridgehead atoms. The standard InChI is InChI=1S/C35H38N6O5S/c1-22-7-5-8-23(2)33(22)30-17-32-39-35(38-30)40-47(43,44)29-12-6-9-25(16-29)34(42)41(26(21-45-32)15-24-13-14-24)20-31-36-18-28(19-37-31)46-27-10-3-4-11-27/h5-9,12,16-19,24,26-27H,3-4,10-11,13-15,20-21H2,1-2H3,(H,38,39,40)/t26-/m1/s1. The highest BCUT2D eigenvalue weighted by atomic mass is 32.2. The lowest BCUT2D eigenvalue weighted by Gasteiger charge is -2.31. The van der Waals surface area contributed by atoms with Gasteiger partial charge in [0.15, 0.2) is 5.75 Å². The van der Waals surface area contributed by atoms with Crippen LogP contribution in [0.4, 0.5) is 5.95 Å². The predicted molar refractivity (Wildman–Crippen MR) is 176 cm³/mol. The van der Waals surface area contributed by atoms with Crippen molar-refractivity contribution in [2.45, 2.75) is 82.4 Å². The molecule has 2 aromatic heterocycles. The Morgan fingerprint density at radius 3 is 2.40 bits per heavy atom. The maximum absolute atomic E-state index is 14.3. The average molecular weight is 655 g/mol. The fourth-order valence-corrected chi connectivity index (χ4v) is 7.43. The molecule has 0 saturated heterocycles. The molecule has 1 amide bonds. The SMILES string of the molecule is Cc1cccc(C)c1-c1cc2nc(n1)NS(=O)(=O)c1cccc(c1)C(=O)N(Cc1ncc(OC3CCCC3)cn1)[C@H](CC1CC1)CO2. The van der Waals surface area contributed by atoms with E-state index in [2.05, 4.69) is 24.7 Å². The number of hydrogen-bond donors (Lipinski definition) is 1. The van der Waals surface area contributed by atoms with Crippen LogP contribution in [0.25, 0.3) is 11.3 Å². The van der Waals surface area contributed by atoms with Gasteiger partial charge in [-0.2, -0.15) is 4.98 Å². The highest BCUT2D eigenvalue weighted by molar-refractivity contribution is 7.92. The highest BCUT2D eigenvalue weighted by Gasteiger charge is 2.34. The molecule has 2 fully saturated rings. The summed E-state index contributed by atoms with van der Waals surface area (Å²) >= 11 is 0. The van der Waals surface area contributed by atoms with Gasteiger partial charge in [-0.3, -0.25) is 4.79 Å². The molecule has 47 heavy (non-hydrogen) atoms. The summed E-state index contributed by atoms with van der Waals surface area (Å²) in [6, 6.07) is 13.3. The largest absolute Gasteiger partial charge is 0.487 e. The summed E-state index contributed by atoms with van der Waals surface area (Å²) in [5, 5.41) is 0. The number of anilines is 1. The van der Waals surface area contributed by atoms with E-state index in [1.807, 2.05) is 32.0 Å². The number of nitrogens with one attached hydrogen (secondary N) is 1. The zero-order valence-corrected chi connectivity index (χ0v) is 27.4. The van der Waals surface area contributed by atoms with E-state index in [1.165, 1.54) is 12.1 Å². The van der Waals surface area contributed by atoms with Crippen molar-refractivity contribution >= 4 is 21.9 Å². The molecule has 0 radical (unpaired) electrons. The fraction of sp³-hybridized carbons (Fsp3) is 0.400. The monoisotopic (exact) mass is 654 g/mol. The third-order valence-electron chi connectivity index (χ3n) is 9.08. The van der Waals surface area contributed by atoms with Gasteiger partial charge < -0.3 is 14.4 Å². The molecule has 1 atom stereocenters. The maximum atomic E-state index is 14.3. The summed E-state index contributed by atoms with van der Waals surface area (Å²) in [5.41, 5.74) is 3.61. The fourth-order valence-electron chi connectivity index (χ4n) is 6.44. The molecule has 244 valence electrons. The molecular weight excluding hydrogens is 616 g/mol. The van der Waals surface area contributed by atoms with Crippen LogP contribution in [0.15, 0.2) is 65.8 Å². The molecule has 0 unspecified atom stereocenters. The van der Waals surface area contributed by atoms with Crippen LogP contribution in [-0.4, -0.2) is 57.9 Å².